The van der Waals surface area contributed by atoms with Gasteiger partial charge in [0.15, 0.2) is 0 Å². The first-order valence-corrected chi connectivity index (χ1v) is 7.15. The van der Waals surface area contributed by atoms with Crippen molar-refractivity contribution in [3.8, 4) is 11.5 Å². The molecule has 1 amide bonds. The Bertz CT molecular complexity index is 595. The molecule has 0 spiro atoms. The zero-order valence-electron chi connectivity index (χ0n) is 11.7. The third-order valence-electron chi connectivity index (χ3n) is 4.06. The van der Waals surface area contributed by atoms with Gasteiger partial charge in [-0.15, -0.1) is 10.2 Å². The Kier molecular flexibility index (Phi) is 3.96. The van der Waals surface area contributed by atoms with Crippen LogP contribution in [0, 0.1) is 11.8 Å². The fourth-order valence-corrected chi connectivity index (χ4v) is 2.89. The lowest BCUT2D eigenvalue weighted by molar-refractivity contribution is -0.120. The van der Waals surface area contributed by atoms with E-state index in [1.807, 2.05) is 24.3 Å². The molecule has 2 unspecified atom stereocenters. The molecule has 110 valence electrons. The highest BCUT2D eigenvalue weighted by Gasteiger charge is 2.31. The second-order valence-electron chi connectivity index (χ2n) is 5.34. The van der Waals surface area contributed by atoms with Crippen molar-refractivity contribution in [2.24, 2.45) is 17.6 Å². The SMILES string of the molecule is NCC1CCCC1C(=O)Nc1ccc(-c2nnco2)cc1. The Balaban J connectivity index is 1.66. The van der Waals surface area contributed by atoms with Crippen molar-refractivity contribution in [1.29, 1.82) is 0 Å². The molecule has 6 heteroatoms. The summed E-state index contributed by atoms with van der Waals surface area (Å²) in [4.78, 5) is 12.3. The van der Waals surface area contributed by atoms with Gasteiger partial charge in [0.05, 0.1) is 0 Å². The average molecular weight is 286 g/mol. The maximum absolute atomic E-state index is 12.3. The summed E-state index contributed by atoms with van der Waals surface area (Å²) in [6.07, 6.45) is 4.34. The molecule has 21 heavy (non-hydrogen) atoms. The van der Waals surface area contributed by atoms with Crippen molar-refractivity contribution < 1.29 is 9.21 Å². The average Bonchev–Trinajstić information content (AvgIpc) is 3.19. The quantitative estimate of drug-likeness (QED) is 0.897. The van der Waals surface area contributed by atoms with E-state index in [0.717, 1.165) is 30.5 Å². The molecule has 1 aromatic heterocycles. The molecule has 2 aromatic rings. The molecule has 0 aliphatic heterocycles. The number of aromatic nitrogens is 2. The number of rotatable bonds is 4. The highest BCUT2D eigenvalue weighted by atomic mass is 16.4. The number of nitrogens with two attached hydrogens (primary N) is 1. The molecule has 1 aliphatic carbocycles. The van der Waals surface area contributed by atoms with Gasteiger partial charge in [-0.3, -0.25) is 4.79 Å². The minimum Gasteiger partial charge on any atom is -0.423 e. The summed E-state index contributed by atoms with van der Waals surface area (Å²) in [6.45, 7) is 0.578. The Morgan fingerprint density at radius 1 is 1.33 bits per heavy atom. The largest absolute Gasteiger partial charge is 0.423 e. The van der Waals surface area contributed by atoms with Gasteiger partial charge in [-0.25, -0.2) is 0 Å². The number of benzene rings is 1. The number of amides is 1. The van der Waals surface area contributed by atoms with Crippen LogP contribution in [0.15, 0.2) is 35.1 Å². The second kappa shape index (κ2) is 6.05. The molecule has 2 atom stereocenters. The summed E-state index contributed by atoms with van der Waals surface area (Å²) >= 11 is 0. The summed E-state index contributed by atoms with van der Waals surface area (Å²) in [6, 6.07) is 7.37. The van der Waals surface area contributed by atoms with Gasteiger partial charge < -0.3 is 15.5 Å². The molecule has 0 radical (unpaired) electrons. The third-order valence-corrected chi connectivity index (χ3v) is 4.06. The molecule has 3 N–H and O–H groups in total. The third kappa shape index (κ3) is 2.95. The molecule has 6 nitrogen and oxygen atoms in total. The van der Waals surface area contributed by atoms with Gasteiger partial charge in [0, 0.05) is 17.2 Å². The monoisotopic (exact) mass is 286 g/mol. The zero-order valence-corrected chi connectivity index (χ0v) is 11.7. The number of hydrogen-bond donors (Lipinski definition) is 2. The van der Waals surface area contributed by atoms with Crippen molar-refractivity contribution in [2.75, 3.05) is 11.9 Å². The molecular formula is C15H18N4O2. The number of nitrogens with one attached hydrogen (secondary N) is 1. The van der Waals surface area contributed by atoms with Gasteiger partial charge in [0.1, 0.15) is 0 Å². The Morgan fingerprint density at radius 3 is 2.81 bits per heavy atom. The summed E-state index contributed by atoms with van der Waals surface area (Å²) in [5.41, 5.74) is 7.32. The fraction of sp³-hybridized carbons (Fsp3) is 0.400. The smallest absolute Gasteiger partial charge is 0.247 e. The zero-order chi connectivity index (χ0) is 14.7. The molecule has 1 aliphatic rings. The van der Waals surface area contributed by atoms with Crippen molar-refractivity contribution in [3.63, 3.8) is 0 Å². The summed E-state index contributed by atoms with van der Waals surface area (Å²) in [5, 5.41) is 10.4. The van der Waals surface area contributed by atoms with Crippen LogP contribution >= 0.6 is 0 Å². The van der Waals surface area contributed by atoms with Crippen LogP contribution in [0.3, 0.4) is 0 Å². The Morgan fingerprint density at radius 2 is 2.14 bits per heavy atom. The van der Waals surface area contributed by atoms with Crippen LogP contribution in [0.5, 0.6) is 0 Å². The Labute approximate surface area is 122 Å². The van der Waals surface area contributed by atoms with Crippen molar-refractivity contribution in [3.05, 3.63) is 30.7 Å². The van der Waals surface area contributed by atoms with Crippen LogP contribution in [0.1, 0.15) is 19.3 Å². The van der Waals surface area contributed by atoms with Crippen LogP contribution in [-0.2, 0) is 4.79 Å². The highest BCUT2D eigenvalue weighted by molar-refractivity contribution is 5.93. The number of anilines is 1. The van der Waals surface area contributed by atoms with E-state index < -0.39 is 0 Å². The molecule has 1 heterocycles. The minimum atomic E-state index is 0.0330. The van der Waals surface area contributed by atoms with Gasteiger partial charge in [-0.1, -0.05) is 6.42 Å². The summed E-state index contributed by atoms with van der Waals surface area (Å²) in [5.74, 6) is 0.869. The number of nitrogens with zero attached hydrogens (tertiary/aromatic N) is 2. The van der Waals surface area contributed by atoms with Gasteiger partial charge in [-0.2, -0.15) is 0 Å². The van der Waals surface area contributed by atoms with Crippen LogP contribution < -0.4 is 11.1 Å². The van der Waals surface area contributed by atoms with E-state index in [1.165, 1.54) is 6.39 Å². The number of carbonyl (C=O) groups excluding carboxylic acids is 1. The van der Waals surface area contributed by atoms with Crippen LogP contribution in [0.2, 0.25) is 0 Å². The van der Waals surface area contributed by atoms with E-state index in [1.54, 1.807) is 0 Å². The van der Waals surface area contributed by atoms with Crippen molar-refractivity contribution in [2.45, 2.75) is 19.3 Å². The van der Waals surface area contributed by atoms with E-state index >= 15 is 0 Å². The predicted molar refractivity (Wildman–Crippen MR) is 78.2 cm³/mol. The van der Waals surface area contributed by atoms with E-state index in [0.29, 0.717) is 18.4 Å². The standard InChI is InChI=1S/C15H18N4O2/c16-8-11-2-1-3-13(11)14(20)18-12-6-4-10(5-7-12)15-19-17-9-21-15/h4-7,9,11,13H,1-3,8,16H2,(H,18,20). The second-order valence-corrected chi connectivity index (χ2v) is 5.34. The first-order chi connectivity index (χ1) is 10.3. The van der Waals surface area contributed by atoms with Gasteiger partial charge in [0.25, 0.3) is 0 Å². The van der Waals surface area contributed by atoms with Crippen LogP contribution in [0.4, 0.5) is 5.69 Å². The Hall–Kier alpha value is -2.21. The molecule has 0 bridgehead atoms. The van der Waals surface area contributed by atoms with Gasteiger partial charge in [0.2, 0.25) is 18.2 Å². The lowest BCUT2D eigenvalue weighted by Crippen LogP contribution is -2.29. The van der Waals surface area contributed by atoms with Crippen molar-refractivity contribution in [1.82, 2.24) is 10.2 Å². The topological polar surface area (TPSA) is 94.0 Å². The fourth-order valence-electron chi connectivity index (χ4n) is 2.89. The molecule has 0 saturated heterocycles. The van der Waals surface area contributed by atoms with Crippen LogP contribution in [-0.4, -0.2) is 22.6 Å². The highest BCUT2D eigenvalue weighted by Crippen LogP contribution is 2.32. The molecule has 1 fully saturated rings. The predicted octanol–water partition coefficient (Wildman–Crippen LogP) is 2.05. The molecule has 1 aromatic carbocycles. The van der Waals surface area contributed by atoms with E-state index in [2.05, 4.69) is 15.5 Å². The maximum atomic E-state index is 12.3. The molecule has 1 saturated carbocycles. The molecule has 3 rings (SSSR count). The lowest BCUT2D eigenvalue weighted by atomic mass is 9.95. The molecular weight excluding hydrogens is 268 g/mol. The first kappa shape index (κ1) is 13.8. The normalized spacial score (nSPS) is 21.4. The van der Waals surface area contributed by atoms with E-state index in [9.17, 15) is 4.79 Å². The lowest BCUT2D eigenvalue weighted by Gasteiger charge is -2.17. The van der Waals surface area contributed by atoms with Crippen molar-refractivity contribution >= 4 is 11.6 Å². The van der Waals surface area contributed by atoms with Crippen LogP contribution in [0.25, 0.3) is 11.5 Å². The van der Waals surface area contributed by atoms with E-state index in [4.69, 9.17) is 10.2 Å². The first-order valence-electron chi connectivity index (χ1n) is 7.15. The number of carbonyl (C=O) groups is 1. The minimum absolute atomic E-state index is 0.0330. The number of hydrogen-bond acceptors (Lipinski definition) is 5. The summed E-state index contributed by atoms with van der Waals surface area (Å²) < 4.78 is 5.13. The maximum Gasteiger partial charge on any atom is 0.247 e. The van der Waals surface area contributed by atoms with Gasteiger partial charge in [-0.05, 0) is 49.6 Å². The van der Waals surface area contributed by atoms with E-state index in [-0.39, 0.29) is 11.8 Å². The summed E-state index contributed by atoms with van der Waals surface area (Å²) in [7, 11) is 0. The van der Waals surface area contributed by atoms with Gasteiger partial charge >= 0.3 is 0 Å².